The summed E-state index contributed by atoms with van der Waals surface area (Å²) in [4.78, 5) is 51.8. The number of carbonyl (C=O) groups excluding carboxylic acids is 4. The van der Waals surface area contributed by atoms with Gasteiger partial charge in [-0.2, -0.15) is 0 Å². The van der Waals surface area contributed by atoms with Gasteiger partial charge in [-0.15, -0.1) is 0 Å². The summed E-state index contributed by atoms with van der Waals surface area (Å²) in [5.74, 6) is -0.700. The summed E-state index contributed by atoms with van der Waals surface area (Å²) in [6, 6.07) is 4.34. The lowest BCUT2D eigenvalue weighted by Crippen LogP contribution is -2.44. The van der Waals surface area contributed by atoms with Crippen LogP contribution in [0.1, 0.15) is 48.9 Å². The Morgan fingerprint density at radius 3 is 2.59 bits per heavy atom. The third kappa shape index (κ3) is 4.37. The number of hydrogen-bond acceptors (Lipinski definition) is 4. The summed E-state index contributed by atoms with van der Waals surface area (Å²) < 4.78 is 0. The molecule has 2 N–H and O–H groups in total. The minimum absolute atomic E-state index is 0.143. The van der Waals surface area contributed by atoms with Gasteiger partial charge in [0.1, 0.15) is 5.54 Å². The van der Waals surface area contributed by atoms with E-state index in [9.17, 15) is 19.2 Å². The predicted octanol–water partition coefficient (Wildman–Crippen LogP) is 2.63. The molecule has 1 aliphatic carbocycles. The number of carbonyl (C=O) groups is 4. The number of halogens is 1. The normalized spacial score (nSPS) is 17.6. The molecule has 29 heavy (non-hydrogen) atoms. The number of nitrogens with one attached hydrogen (secondary N) is 2. The smallest absolute Gasteiger partial charge is 0.325 e. The van der Waals surface area contributed by atoms with Crippen LogP contribution in [0.3, 0.4) is 0 Å². The average Bonchev–Trinajstić information content (AvgIpc) is 3.23. The Morgan fingerprint density at radius 1 is 1.24 bits per heavy atom. The molecule has 9 heteroatoms. The van der Waals surface area contributed by atoms with E-state index in [2.05, 4.69) is 10.6 Å². The molecule has 1 saturated heterocycles. The molecule has 0 atom stereocenters. The van der Waals surface area contributed by atoms with Gasteiger partial charge in [-0.25, -0.2) is 4.79 Å². The van der Waals surface area contributed by atoms with Crippen LogP contribution in [-0.2, 0) is 9.59 Å². The van der Waals surface area contributed by atoms with Crippen LogP contribution in [-0.4, -0.2) is 59.7 Å². The van der Waals surface area contributed by atoms with Gasteiger partial charge in [-0.05, 0) is 37.5 Å². The Hall–Kier alpha value is -2.61. The van der Waals surface area contributed by atoms with E-state index < -0.39 is 5.54 Å². The maximum Gasteiger partial charge on any atom is 0.325 e. The second kappa shape index (κ2) is 8.41. The zero-order valence-electron chi connectivity index (χ0n) is 16.6. The quantitative estimate of drug-likeness (QED) is 0.691. The molecule has 1 aromatic rings. The van der Waals surface area contributed by atoms with E-state index in [1.165, 1.54) is 15.9 Å². The second-order valence-electron chi connectivity index (χ2n) is 7.72. The van der Waals surface area contributed by atoms with Crippen molar-refractivity contribution < 1.29 is 19.2 Å². The standard InChI is InChI=1S/C20H25ClN4O4/c1-24(2)17(27)14-12-13(7-8-15(14)21)22-16(26)6-5-11-25-18(28)20(23-19(25)29)9-3-4-10-20/h7-8,12H,3-6,9-11H2,1-2H3,(H,22,26)(H,23,29). The molecular weight excluding hydrogens is 396 g/mol. The molecule has 0 radical (unpaired) electrons. The highest BCUT2D eigenvalue weighted by molar-refractivity contribution is 6.34. The van der Waals surface area contributed by atoms with Crippen molar-refractivity contribution >= 4 is 41.0 Å². The Kier molecular flexibility index (Phi) is 6.12. The van der Waals surface area contributed by atoms with Crippen molar-refractivity contribution in [2.45, 2.75) is 44.1 Å². The third-order valence-corrected chi connectivity index (χ3v) is 5.70. The van der Waals surface area contributed by atoms with Gasteiger partial charge in [0.25, 0.3) is 11.8 Å². The summed E-state index contributed by atoms with van der Waals surface area (Å²) in [6.07, 6.45) is 3.73. The van der Waals surface area contributed by atoms with Gasteiger partial charge in [0.2, 0.25) is 5.91 Å². The summed E-state index contributed by atoms with van der Waals surface area (Å²) in [6.45, 7) is 0.199. The van der Waals surface area contributed by atoms with Crippen molar-refractivity contribution in [3.8, 4) is 0 Å². The monoisotopic (exact) mass is 420 g/mol. The van der Waals surface area contributed by atoms with Crippen LogP contribution >= 0.6 is 11.6 Å². The first-order valence-corrected chi connectivity index (χ1v) is 10.1. The van der Waals surface area contributed by atoms with Gasteiger partial charge in [-0.3, -0.25) is 19.3 Å². The number of anilines is 1. The number of nitrogens with zero attached hydrogens (tertiary/aromatic N) is 2. The Balaban J connectivity index is 1.53. The topological polar surface area (TPSA) is 98.8 Å². The number of amides is 5. The van der Waals surface area contributed by atoms with Crippen molar-refractivity contribution in [1.82, 2.24) is 15.1 Å². The second-order valence-corrected chi connectivity index (χ2v) is 8.13. The fourth-order valence-corrected chi connectivity index (χ4v) is 4.02. The van der Waals surface area contributed by atoms with E-state index >= 15 is 0 Å². The number of rotatable bonds is 6. The molecule has 1 saturated carbocycles. The molecule has 1 aromatic carbocycles. The van der Waals surface area contributed by atoms with E-state index in [4.69, 9.17) is 11.6 Å². The number of hydrogen-bond donors (Lipinski definition) is 2. The maximum absolute atomic E-state index is 12.6. The summed E-state index contributed by atoms with van der Waals surface area (Å²) in [5, 5.41) is 5.86. The predicted molar refractivity (Wildman–Crippen MR) is 109 cm³/mol. The average molecular weight is 421 g/mol. The van der Waals surface area contributed by atoms with Crippen molar-refractivity contribution in [3.05, 3.63) is 28.8 Å². The number of benzene rings is 1. The van der Waals surface area contributed by atoms with Crippen molar-refractivity contribution in [2.75, 3.05) is 26.0 Å². The van der Waals surface area contributed by atoms with Gasteiger partial charge >= 0.3 is 6.03 Å². The minimum Gasteiger partial charge on any atom is -0.345 e. The lowest BCUT2D eigenvalue weighted by Gasteiger charge is -2.19. The molecular formula is C20H25ClN4O4. The molecule has 0 aromatic heterocycles. The summed E-state index contributed by atoms with van der Waals surface area (Å²) >= 11 is 6.07. The molecule has 1 heterocycles. The SMILES string of the molecule is CN(C)C(=O)c1cc(NC(=O)CCCN2C(=O)NC3(CCCC3)C2=O)ccc1Cl. The van der Waals surface area contributed by atoms with Gasteiger partial charge in [-0.1, -0.05) is 24.4 Å². The highest BCUT2D eigenvalue weighted by atomic mass is 35.5. The van der Waals surface area contributed by atoms with E-state index in [-0.39, 0.29) is 36.7 Å². The lowest BCUT2D eigenvalue weighted by molar-refractivity contribution is -0.131. The van der Waals surface area contributed by atoms with Crippen LogP contribution in [0.4, 0.5) is 10.5 Å². The first kappa shape index (κ1) is 21.1. The highest BCUT2D eigenvalue weighted by Gasteiger charge is 2.52. The zero-order chi connectivity index (χ0) is 21.2. The maximum atomic E-state index is 12.6. The van der Waals surface area contributed by atoms with Crippen LogP contribution in [0.5, 0.6) is 0 Å². The van der Waals surface area contributed by atoms with Crippen LogP contribution in [0.25, 0.3) is 0 Å². The first-order valence-electron chi connectivity index (χ1n) is 9.69. The first-order chi connectivity index (χ1) is 13.7. The van der Waals surface area contributed by atoms with Crippen LogP contribution < -0.4 is 10.6 Å². The Labute approximate surface area is 174 Å². The van der Waals surface area contributed by atoms with E-state index in [0.717, 1.165) is 12.8 Å². The molecule has 3 rings (SSSR count). The molecule has 156 valence electrons. The molecule has 0 unspecified atom stereocenters. The lowest BCUT2D eigenvalue weighted by atomic mass is 9.98. The largest absolute Gasteiger partial charge is 0.345 e. The molecule has 2 fully saturated rings. The van der Waals surface area contributed by atoms with Crippen molar-refractivity contribution in [3.63, 3.8) is 0 Å². The van der Waals surface area contributed by atoms with Crippen molar-refractivity contribution in [1.29, 1.82) is 0 Å². The molecule has 5 amide bonds. The summed E-state index contributed by atoms with van der Waals surface area (Å²) in [7, 11) is 3.24. The van der Waals surface area contributed by atoms with Gasteiger partial charge < -0.3 is 15.5 Å². The Morgan fingerprint density at radius 2 is 1.93 bits per heavy atom. The van der Waals surface area contributed by atoms with Crippen LogP contribution in [0.2, 0.25) is 5.02 Å². The fraction of sp³-hybridized carbons (Fsp3) is 0.500. The molecule has 8 nitrogen and oxygen atoms in total. The van der Waals surface area contributed by atoms with Crippen LogP contribution in [0, 0.1) is 0 Å². The highest BCUT2D eigenvalue weighted by Crippen LogP contribution is 2.35. The van der Waals surface area contributed by atoms with Crippen molar-refractivity contribution in [2.24, 2.45) is 0 Å². The van der Waals surface area contributed by atoms with Gasteiger partial charge in [0.05, 0.1) is 10.6 Å². The number of urea groups is 1. The third-order valence-electron chi connectivity index (χ3n) is 5.38. The molecule has 1 aliphatic heterocycles. The fourth-order valence-electron chi connectivity index (χ4n) is 3.83. The minimum atomic E-state index is -0.724. The zero-order valence-corrected chi connectivity index (χ0v) is 17.3. The van der Waals surface area contributed by atoms with E-state index in [1.54, 1.807) is 26.2 Å². The number of imide groups is 1. The Bertz CT molecular complexity index is 849. The van der Waals surface area contributed by atoms with E-state index in [1.807, 2.05) is 0 Å². The summed E-state index contributed by atoms with van der Waals surface area (Å²) in [5.41, 5.74) is 0.0399. The molecule has 0 bridgehead atoms. The molecule has 1 spiro atoms. The van der Waals surface area contributed by atoms with Gasteiger partial charge in [0, 0.05) is 32.7 Å². The van der Waals surface area contributed by atoms with E-state index in [0.29, 0.717) is 35.5 Å². The molecule has 2 aliphatic rings. The van der Waals surface area contributed by atoms with Gasteiger partial charge in [0.15, 0.2) is 0 Å². The van der Waals surface area contributed by atoms with Crippen LogP contribution in [0.15, 0.2) is 18.2 Å².